The Bertz CT molecular complexity index is 1630. The van der Waals surface area contributed by atoms with Gasteiger partial charge in [0, 0.05) is 19.5 Å². The van der Waals surface area contributed by atoms with Crippen molar-refractivity contribution in [2.75, 3.05) is 17.4 Å². The molecule has 0 fully saturated rings. The molecule has 0 heterocycles. The lowest BCUT2D eigenvalue weighted by Gasteiger charge is -2.34. The summed E-state index contributed by atoms with van der Waals surface area (Å²) in [5, 5.41) is 2.96. The number of sulfonamides is 1. The Morgan fingerprint density at radius 1 is 0.778 bits per heavy atom. The first kappa shape index (κ1) is 33.4. The molecule has 0 saturated heterocycles. The number of carbonyl (C=O) groups is 2. The molecule has 2 amide bonds. The van der Waals surface area contributed by atoms with Crippen molar-refractivity contribution in [1.82, 2.24) is 10.2 Å². The Labute approximate surface area is 265 Å². The number of anilines is 1. The van der Waals surface area contributed by atoms with Gasteiger partial charge in [-0.2, -0.15) is 0 Å². The van der Waals surface area contributed by atoms with Crippen LogP contribution >= 0.6 is 0 Å². The first-order valence-corrected chi connectivity index (χ1v) is 16.7. The summed E-state index contributed by atoms with van der Waals surface area (Å²) in [6, 6.07) is 29.1. The molecule has 1 N–H and O–H groups in total. The maximum absolute atomic E-state index is 14.4. The van der Waals surface area contributed by atoms with E-state index in [4.69, 9.17) is 0 Å². The molecule has 236 valence electrons. The molecule has 0 radical (unpaired) electrons. The molecule has 7 nitrogen and oxygen atoms in total. The predicted octanol–water partition coefficient (Wildman–Crippen LogP) is 6.14. The van der Waals surface area contributed by atoms with Crippen LogP contribution in [0.25, 0.3) is 0 Å². The van der Waals surface area contributed by atoms with Crippen LogP contribution in [0, 0.1) is 5.82 Å². The van der Waals surface area contributed by atoms with Gasteiger partial charge in [0.15, 0.2) is 0 Å². The minimum absolute atomic E-state index is 0.0220. The van der Waals surface area contributed by atoms with E-state index in [1.807, 2.05) is 56.3 Å². The Hall–Kier alpha value is -4.50. The van der Waals surface area contributed by atoms with Crippen molar-refractivity contribution in [2.24, 2.45) is 0 Å². The number of unbranched alkanes of at least 4 members (excludes halogenated alkanes) is 1. The summed E-state index contributed by atoms with van der Waals surface area (Å²) < 4.78 is 43.0. The van der Waals surface area contributed by atoms with Crippen LogP contribution in [0.15, 0.2) is 114 Å². The van der Waals surface area contributed by atoms with Crippen LogP contribution in [-0.2, 0) is 39.0 Å². The molecule has 0 saturated carbocycles. The van der Waals surface area contributed by atoms with Crippen LogP contribution in [0.3, 0.4) is 0 Å². The number of hydrogen-bond acceptors (Lipinski definition) is 4. The Balaban J connectivity index is 1.77. The molecule has 0 spiro atoms. The van der Waals surface area contributed by atoms with Crippen molar-refractivity contribution in [3.8, 4) is 0 Å². The first-order valence-electron chi connectivity index (χ1n) is 15.2. The molecule has 0 bridgehead atoms. The fourth-order valence-electron chi connectivity index (χ4n) is 4.99. The lowest BCUT2D eigenvalue weighted by molar-refractivity contribution is -0.140. The number of amides is 2. The highest BCUT2D eigenvalue weighted by Gasteiger charge is 2.34. The fraction of sp³-hybridized carbons (Fsp3) is 0.278. The molecular weight excluding hydrogens is 589 g/mol. The van der Waals surface area contributed by atoms with Gasteiger partial charge in [-0.15, -0.1) is 0 Å². The second-order valence-electron chi connectivity index (χ2n) is 10.8. The number of rotatable bonds is 15. The molecule has 45 heavy (non-hydrogen) atoms. The van der Waals surface area contributed by atoms with E-state index in [9.17, 15) is 22.4 Å². The third-order valence-electron chi connectivity index (χ3n) is 7.61. The van der Waals surface area contributed by atoms with Crippen LogP contribution in [0.2, 0.25) is 0 Å². The van der Waals surface area contributed by atoms with Gasteiger partial charge in [0.25, 0.3) is 10.0 Å². The molecule has 0 aliphatic carbocycles. The van der Waals surface area contributed by atoms with Crippen LogP contribution in [0.1, 0.15) is 43.4 Å². The minimum atomic E-state index is -4.17. The van der Waals surface area contributed by atoms with Gasteiger partial charge in [0.05, 0.1) is 10.6 Å². The van der Waals surface area contributed by atoms with E-state index in [-0.39, 0.29) is 23.8 Å². The van der Waals surface area contributed by atoms with Crippen molar-refractivity contribution in [2.45, 2.75) is 57.0 Å². The molecule has 0 aliphatic rings. The van der Waals surface area contributed by atoms with Crippen LogP contribution in [0.5, 0.6) is 0 Å². The summed E-state index contributed by atoms with van der Waals surface area (Å²) in [4.78, 5) is 29.6. The van der Waals surface area contributed by atoms with Gasteiger partial charge in [-0.25, -0.2) is 12.8 Å². The highest BCUT2D eigenvalue weighted by molar-refractivity contribution is 7.92. The summed E-state index contributed by atoms with van der Waals surface area (Å²) in [6.07, 6.45) is 2.63. The van der Waals surface area contributed by atoms with Crippen molar-refractivity contribution in [3.05, 3.63) is 132 Å². The second-order valence-corrected chi connectivity index (χ2v) is 12.7. The maximum atomic E-state index is 14.4. The quantitative estimate of drug-likeness (QED) is 0.160. The molecule has 0 aliphatic heterocycles. The van der Waals surface area contributed by atoms with Gasteiger partial charge < -0.3 is 10.2 Å². The van der Waals surface area contributed by atoms with Crippen molar-refractivity contribution < 1.29 is 22.4 Å². The summed E-state index contributed by atoms with van der Waals surface area (Å²) in [7, 11) is -4.17. The number of carbonyl (C=O) groups excluding carboxylic acids is 2. The van der Waals surface area contributed by atoms with E-state index in [0.29, 0.717) is 17.8 Å². The van der Waals surface area contributed by atoms with E-state index in [2.05, 4.69) is 5.32 Å². The van der Waals surface area contributed by atoms with E-state index in [0.717, 1.165) is 34.7 Å². The Morgan fingerprint density at radius 2 is 1.38 bits per heavy atom. The third-order valence-corrected chi connectivity index (χ3v) is 9.40. The molecular formula is C36H40FN3O4S. The Morgan fingerprint density at radius 3 is 1.98 bits per heavy atom. The zero-order chi connectivity index (χ0) is 32.2. The van der Waals surface area contributed by atoms with Crippen LogP contribution < -0.4 is 9.62 Å². The average molecular weight is 630 g/mol. The summed E-state index contributed by atoms with van der Waals surface area (Å²) in [6.45, 7) is 3.90. The van der Waals surface area contributed by atoms with Gasteiger partial charge in [-0.1, -0.05) is 93.1 Å². The molecule has 9 heteroatoms. The van der Waals surface area contributed by atoms with Gasteiger partial charge in [0.1, 0.15) is 18.4 Å². The first-order chi connectivity index (χ1) is 21.7. The SMILES string of the molecule is CCCCNC(=O)[C@@H](Cc1ccccc1)N(Cc1ccc(F)cc1)C(=O)CN(c1ccc(CC)cc1)S(=O)(=O)c1ccccc1. The van der Waals surface area contributed by atoms with Gasteiger partial charge >= 0.3 is 0 Å². The summed E-state index contributed by atoms with van der Waals surface area (Å²) >= 11 is 0. The highest BCUT2D eigenvalue weighted by atomic mass is 32.2. The van der Waals surface area contributed by atoms with E-state index >= 15 is 0 Å². The summed E-state index contributed by atoms with van der Waals surface area (Å²) in [5.41, 5.74) is 2.80. The van der Waals surface area contributed by atoms with Crippen molar-refractivity contribution >= 4 is 27.5 Å². The number of aryl methyl sites for hydroxylation is 1. The van der Waals surface area contributed by atoms with Gasteiger partial charge in [-0.3, -0.25) is 13.9 Å². The largest absolute Gasteiger partial charge is 0.354 e. The fourth-order valence-corrected chi connectivity index (χ4v) is 6.43. The minimum Gasteiger partial charge on any atom is -0.354 e. The van der Waals surface area contributed by atoms with E-state index < -0.39 is 34.3 Å². The second kappa shape index (κ2) is 16.0. The number of nitrogens with one attached hydrogen (secondary N) is 1. The zero-order valence-electron chi connectivity index (χ0n) is 25.7. The highest BCUT2D eigenvalue weighted by Crippen LogP contribution is 2.25. The van der Waals surface area contributed by atoms with Crippen molar-refractivity contribution in [1.29, 1.82) is 0 Å². The topological polar surface area (TPSA) is 86.8 Å². The Kier molecular flexibility index (Phi) is 11.9. The maximum Gasteiger partial charge on any atom is 0.264 e. The molecule has 4 rings (SSSR count). The lowest BCUT2D eigenvalue weighted by Crippen LogP contribution is -2.53. The predicted molar refractivity (Wildman–Crippen MR) is 176 cm³/mol. The standard InChI is InChI=1S/C36H40FN3O4S/c1-3-5-24-38-36(42)34(25-29-12-8-6-9-13-29)39(26-30-16-20-31(37)21-17-30)35(41)27-40(32-22-18-28(4-2)19-23-32)45(43,44)33-14-10-7-11-15-33/h6-23,34H,3-5,24-27H2,1-2H3,(H,38,42)/t34-/m1/s1. The van der Waals surface area contributed by atoms with Crippen LogP contribution in [0.4, 0.5) is 10.1 Å². The molecule has 4 aromatic rings. The van der Waals surface area contributed by atoms with Gasteiger partial charge in [0.2, 0.25) is 11.8 Å². The number of benzene rings is 4. The van der Waals surface area contributed by atoms with Crippen LogP contribution in [-0.4, -0.2) is 44.3 Å². The molecule has 0 unspecified atom stereocenters. The third kappa shape index (κ3) is 9.01. The number of halogens is 1. The molecule has 1 atom stereocenters. The monoisotopic (exact) mass is 629 g/mol. The molecule has 4 aromatic carbocycles. The average Bonchev–Trinajstić information content (AvgIpc) is 3.07. The van der Waals surface area contributed by atoms with E-state index in [1.54, 1.807) is 42.5 Å². The lowest BCUT2D eigenvalue weighted by atomic mass is 10.0. The van der Waals surface area contributed by atoms with Gasteiger partial charge in [-0.05, 0) is 65.9 Å². The molecule has 0 aromatic heterocycles. The van der Waals surface area contributed by atoms with E-state index in [1.165, 1.54) is 29.2 Å². The number of nitrogens with zero attached hydrogens (tertiary/aromatic N) is 2. The zero-order valence-corrected chi connectivity index (χ0v) is 26.5. The normalized spacial score (nSPS) is 11.9. The van der Waals surface area contributed by atoms with Crippen molar-refractivity contribution in [3.63, 3.8) is 0 Å². The number of hydrogen-bond donors (Lipinski definition) is 1. The smallest absolute Gasteiger partial charge is 0.264 e. The summed E-state index contributed by atoms with van der Waals surface area (Å²) in [5.74, 6) is -1.33.